The molecule has 34 heavy (non-hydrogen) atoms. The number of carbonyl (C=O) groups excluding carboxylic acids is 1. The molecule has 3 rings (SSSR count). The Balaban J connectivity index is 1.51. The van der Waals surface area contributed by atoms with Gasteiger partial charge in [-0.2, -0.15) is 26.3 Å². The van der Waals surface area contributed by atoms with Crippen molar-refractivity contribution in [1.29, 1.82) is 0 Å². The summed E-state index contributed by atoms with van der Waals surface area (Å²) in [5.41, 5.74) is 1.06. The fourth-order valence-corrected chi connectivity index (χ4v) is 5.17. The van der Waals surface area contributed by atoms with Crippen molar-refractivity contribution < 1.29 is 45.8 Å². The quantitative estimate of drug-likeness (QED) is 0.387. The lowest BCUT2D eigenvalue weighted by Crippen LogP contribution is -2.46. The minimum Gasteiger partial charge on any atom is -0.478 e. The predicted molar refractivity (Wildman–Crippen MR) is 109 cm³/mol. The van der Waals surface area contributed by atoms with Crippen molar-refractivity contribution in [3.8, 4) is 0 Å². The van der Waals surface area contributed by atoms with E-state index >= 15 is 0 Å². The van der Waals surface area contributed by atoms with Gasteiger partial charge in [-0.05, 0) is 75.1 Å². The van der Waals surface area contributed by atoms with Gasteiger partial charge in [-0.15, -0.1) is 0 Å². The van der Waals surface area contributed by atoms with Crippen molar-refractivity contribution in [3.05, 3.63) is 35.4 Å². The molecule has 0 amide bonds. The highest BCUT2D eigenvalue weighted by Gasteiger charge is 2.59. The summed E-state index contributed by atoms with van der Waals surface area (Å²) >= 11 is 0. The Morgan fingerprint density at radius 2 is 1.74 bits per heavy atom. The summed E-state index contributed by atoms with van der Waals surface area (Å²) in [5, 5.41) is 9.20. The van der Waals surface area contributed by atoms with Crippen LogP contribution in [0.3, 0.4) is 0 Å². The zero-order chi connectivity index (χ0) is 25.1. The van der Waals surface area contributed by atoms with Crippen LogP contribution < -0.4 is 0 Å². The number of nitrogens with zero attached hydrogens (tertiary/aromatic N) is 1. The monoisotopic (exact) mass is 495 g/mol. The molecule has 0 aromatic heterocycles. The summed E-state index contributed by atoms with van der Waals surface area (Å²) in [5.74, 6) is -2.47. The Hall–Kier alpha value is -2.30. The van der Waals surface area contributed by atoms with Crippen LogP contribution in [0, 0.1) is 5.92 Å². The molecule has 1 N–H and O–H groups in total. The van der Waals surface area contributed by atoms with Gasteiger partial charge in [0.25, 0.3) is 6.10 Å². The van der Waals surface area contributed by atoms with Gasteiger partial charge in [0.15, 0.2) is 0 Å². The molecule has 190 valence electrons. The van der Waals surface area contributed by atoms with E-state index in [1.54, 1.807) is 12.1 Å². The van der Waals surface area contributed by atoms with E-state index in [1.807, 2.05) is 6.07 Å². The minimum absolute atomic E-state index is 0.0196. The Kier molecular flexibility index (Phi) is 7.84. The molecule has 1 aliphatic heterocycles. The second kappa shape index (κ2) is 10.1. The van der Waals surface area contributed by atoms with Gasteiger partial charge in [-0.1, -0.05) is 12.1 Å². The average Bonchev–Trinajstić information content (AvgIpc) is 3.11. The molecule has 0 atom stereocenters. The van der Waals surface area contributed by atoms with E-state index in [9.17, 15) is 41.0 Å². The van der Waals surface area contributed by atoms with E-state index in [-0.39, 0.29) is 23.4 Å². The summed E-state index contributed by atoms with van der Waals surface area (Å²) in [7, 11) is 0. The first-order valence-electron chi connectivity index (χ1n) is 11.2. The number of halogens is 6. The number of alkyl halides is 6. The molecular weight excluding hydrogens is 468 g/mol. The van der Waals surface area contributed by atoms with Crippen LogP contribution in [0.25, 0.3) is 0 Å². The molecule has 0 bridgehead atoms. The Morgan fingerprint density at radius 1 is 1.09 bits per heavy atom. The lowest BCUT2D eigenvalue weighted by molar-refractivity contribution is -0.313. The molecule has 1 spiro atoms. The molecule has 1 saturated heterocycles. The third-order valence-electron chi connectivity index (χ3n) is 6.92. The molecule has 1 aromatic carbocycles. The first kappa shape index (κ1) is 26.3. The van der Waals surface area contributed by atoms with Crippen molar-refractivity contribution >= 4 is 11.9 Å². The summed E-state index contributed by atoms with van der Waals surface area (Å²) < 4.78 is 79.1. The van der Waals surface area contributed by atoms with Crippen LogP contribution in [0.2, 0.25) is 0 Å². The van der Waals surface area contributed by atoms with Crippen molar-refractivity contribution in [2.45, 2.75) is 81.9 Å². The Labute approximate surface area is 193 Å². The normalized spacial score (nSPS) is 24.0. The number of hydrogen-bond acceptors (Lipinski definition) is 4. The fraction of sp³-hybridized carbons (Fsp3) is 0.652. The highest BCUT2D eigenvalue weighted by molar-refractivity contribution is 5.87. The first-order valence-corrected chi connectivity index (χ1v) is 11.2. The van der Waals surface area contributed by atoms with Crippen molar-refractivity contribution in [1.82, 2.24) is 4.90 Å². The maximum atomic E-state index is 12.6. The van der Waals surface area contributed by atoms with Gasteiger partial charge in [0.2, 0.25) is 0 Å². The first-order chi connectivity index (χ1) is 15.8. The third-order valence-corrected chi connectivity index (χ3v) is 6.92. The zero-order valence-electron chi connectivity index (χ0n) is 18.4. The predicted octanol–water partition coefficient (Wildman–Crippen LogP) is 5.73. The number of ether oxygens (including phenoxy) is 1. The highest BCUT2D eigenvalue weighted by Crippen LogP contribution is 2.45. The maximum absolute atomic E-state index is 12.6. The van der Waals surface area contributed by atoms with Crippen LogP contribution in [0.4, 0.5) is 26.3 Å². The third kappa shape index (κ3) is 6.43. The molecule has 2 fully saturated rings. The topological polar surface area (TPSA) is 66.8 Å². The molecule has 1 heterocycles. The van der Waals surface area contributed by atoms with Crippen LogP contribution in [-0.4, -0.2) is 52.5 Å². The molecule has 11 heteroatoms. The summed E-state index contributed by atoms with van der Waals surface area (Å²) in [6, 6.07) is 6.78. The SMILES string of the molecule is O=C(CCC1CCC2(CCCN2Cc2cccc(C(=O)O)c2)CC1)OC(C(F)(F)F)C(F)(F)F. The molecule has 2 aliphatic rings. The Bertz CT molecular complexity index is 863. The van der Waals surface area contributed by atoms with Gasteiger partial charge in [0, 0.05) is 18.5 Å². The van der Waals surface area contributed by atoms with Gasteiger partial charge in [-0.3, -0.25) is 9.69 Å². The van der Waals surface area contributed by atoms with Crippen molar-refractivity contribution in [2.24, 2.45) is 5.92 Å². The van der Waals surface area contributed by atoms with E-state index in [1.165, 1.54) is 6.07 Å². The molecule has 0 unspecified atom stereocenters. The van der Waals surface area contributed by atoms with Gasteiger partial charge in [0.05, 0.1) is 5.56 Å². The second-order valence-electron chi connectivity index (χ2n) is 9.19. The van der Waals surface area contributed by atoms with Crippen LogP contribution >= 0.6 is 0 Å². The van der Waals surface area contributed by atoms with Crippen LogP contribution in [0.1, 0.15) is 67.3 Å². The average molecular weight is 495 g/mol. The van der Waals surface area contributed by atoms with Gasteiger partial charge >= 0.3 is 24.3 Å². The number of likely N-dealkylation sites (tertiary alicyclic amines) is 1. The number of carboxylic acid groups (broad SMARTS) is 1. The number of carboxylic acids is 1. The number of hydrogen-bond donors (Lipinski definition) is 1. The fourth-order valence-electron chi connectivity index (χ4n) is 5.17. The number of carbonyl (C=O) groups is 2. The van der Waals surface area contributed by atoms with E-state index in [4.69, 9.17) is 0 Å². The van der Waals surface area contributed by atoms with Gasteiger partial charge in [-0.25, -0.2) is 4.79 Å². The number of aromatic carboxylic acids is 1. The number of esters is 1. The van der Waals surface area contributed by atoms with Crippen LogP contribution in [0.5, 0.6) is 0 Å². The second-order valence-corrected chi connectivity index (χ2v) is 9.19. The zero-order valence-corrected chi connectivity index (χ0v) is 18.4. The van der Waals surface area contributed by atoms with Gasteiger partial charge in [0.1, 0.15) is 0 Å². The maximum Gasteiger partial charge on any atom is 0.434 e. The molecule has 1 saturated carbocycles. The summed E-state index contributed by atoms with van der Waals surface area (Å²) in [6.45, 7) is 1.47. The lowest BCUT2D eigenvalue weighted by atomic mass is 9.73. The summed E-state index contributed by atoms with van der Waals surface area (Å²) in [6.07, 6.45) is -10.8. The standard InChI is InChI=1S/C23H27F6NO4/c24-22(25,26)20(23(27,28)29)34-18(31)6-5-15-7-10-21(11-8-15)9-2-12-30(21)14-16-3-1-4-17(13-16)19(32)33/h1,3-4,13,15,20H,2,5-12,14H2,(H,32,33). The van der Waals surface area contributed by atoms with E-state index in [0.717, 1.165) is 37.8 Å². The minimum atomic E-state index is -5.71. The van der Waals surface area contributed by atoms with E-state index < -0.39 is 36.8 Å². The van der Waals surface area contributed by atoms with Crippen molar-refractivity contribution in [3.63, 3.8) is 0 Å². The Morgan fingerprint density at radius 3 is 2.32 bits per heavy atom. The van der Waals surface area contributed by atoms with Crippen LogP contribution in [0.15, 0.2) is 24.3 Å². The molecule has 5 nitrogen and oxygen atoms in total. The summed E-state index contributed by atoms with van der Waals surface area (Å²) in [4.78, 5) is 25.3. The number of benzene rings is 1. The molecule has 1 aliphatic carbocycles. The van der Waals surface area contributed by atoms with E-state index in [0.29, 0.717) is 19.4 Å². The smallest absolute Gasteiger partial charge is 0.434 e. The van der Waals surface area contributed by atoms with E-state index in [2.05, 4.69) is 9.64 Å². The largest absolute Gasteiger partial charge is 0.478 e. The molecular formula is C23H27F6NO4. The highest BCUT2D eigenvalue weighted by atomic mass is 19.4. The van der Waals surface area contributed by atoms with Gasteiger partial charge < -0.3 is 9.84 Å². The lowest BCUT2D eigenvalue weighted by Gasteiger charge is -2.44. The molecule has 1 aromatic rings. The molecule has 0 radical (unpaired) electrons. The van der Waals surface area contributed by atoms with Crippen molar-refractivity contribution in [2.75, 3.05) is 6.54 Å². The van der Waals surface area contributed by atoms with Crippen LogP contribution in [-0.2, 0) is 16.1 Å². The number of rotatable bonds is 7.